The topological polar surface area (TPSA) is 75.7 Å². The number of alkyl halides is 3. The number of fused-ring (bicyclic) bond motifs is 1. The van der Waals surface area contributed by atoms with Gasteiger partial charge in [-0.25, -0.2) is 4.79 Å². The summed E-state index contributed by atoms with van der Waals surface area (Å²) in [5, 5.41) is 2.39. The average molecular weight is 406 g/mol. The zero-order valence-corrected chi connectivity index (χ0v) is 15.6. The lowest BCUT2D eigenvalue weighted by molar-refractivity contribution is -0.137. The van der Waals surface area contributed by atoms with E-state index >= 15 is 0 Å². The van der Waals surface area contributed by atoms with Gasteiger partial charge in [0.05, 0.1) is 18.2 Å². The van der Waals surface area contributed by atoms with Crippen LogP contribution in [0.3, 0.4) is 0 Å². The van der Waals surface area contributed by atoms with Crippen LogP contribution in [0, 0.1) is 0 Å². The summed E-state index contributed by atoms with van der Waals surface area (Å²) in [5.41, 5.74) is 0.104. The van der Waals surface area contributed by atoms with E-state index in [9.17, 15) is 27.6 Å². The van der Waals surface area contributed by atoms with Gasteiger partial charge in [0.25, 0.3) is 5.91 Å². The molecule has 0 aromatic heterocycles. The van der Waals surface area contributed by atoms with Crippen LogP contribution < -0.4 is 10.2 Å². The normalized spacial score (nSPS) is 13.7. The molecule has 0 saturated heterocycles. The molecule has 0 radical (unpaired) electrons. The summed E-state index contributed by atoms with van der Waals surface area (Å²) in [6.07, 6.45) is -3.92. The number of rotatable bonds is 3. The molecule has 0 spiro atoms. The van der Waals surface area contributed by atoms with Crippen molar-refractivity contribution in [3.63, 3.8) is 0 Å². The predicted octanol–water partition coefficient (Wildman–Crippen LogP) is 3.65. The number of nitrogens with one attached hydrogen (secondary N) is 1. The zero-order chi connectivity index (χ0) is 21.3. The Morgan fingerprint density at radius 3 is 2.45 bits per heavy atom. The molecule has 3 rings (SSSR count). The summed E-state index contributed by atoms with van der Waals surface area (Å²) >= 11 is 0. The molecule has 6 nitrogen and oxygen atoms in total. The smallest absolute Gasteiger partial charge is 0.416 e. The molecule has 0 atom stereocenters. The van der Waals surface area contributed by atoms with Crippen molar-refractivity contribution >= 4 is 29.2 Å². The maximum Gasteiger partial charge on any atom is 0.416 e. The third-order valence-electron chi connectivity index (χ3n) is 4.62. The molecule has 1 aliphatic rings. The van der Waals surface area contributed by atoms with Gasteiger partial charge in [0.1, 0.15) is 0 Å². The number of esters is 1. The first-order valence-electron chi connectivity index (χ1n) is 8.61. The number of carbonyl (C=O) groups excluding carboxylic acids is 3. The number of ether oxygens (including phenoxy) is 1. The van der Waals surface area contributed by atoms with Crippen LogP contribution in [0.25, 0.3) is 0 Å². The summed E-state index contributed by atoms with van der Waals surface area (Å²) in [6.45, 7) is 0. The molecular weight excluding hydrogens is 389 g/mol. The van der Waals surface area contributed by atoms with Crippen LogP contribution in [-0.4, -0.2) is 31.9 Å². The number of methoxy groups -OCH3 is 1. The third-order valence-corrected chi connectivity index (χ3v) is 4.62. The fourth-order valence-electron chi connectivity index (χ4n) is 3.10. The summed E-state index contributed by atoms with van der Waals surface area (Å²) in [4.78, 5) is 37.5. The van der Waals surface area contributed by atoms with Crippen molar-refractivity contribution in [1.82, 2.24) is 0 Å². The molecule has 0 aliphatic carbocycles. The highest BCUT2D eigenvalue weighted by molar-refractivity contribution is 6.06. The fourth-order valence-corrected chi connectivity index (χ4v) is 3.10. The lowest BCUT2D eigenvalue weighted by atomic mass is 9.99. The van der Waals surface area contributed by atoms with E-state index in [1.165, 1.54) is 11.0 Å². The molecule has 0 fully saturated rings. The Balaban J connectivity index is 1.91. The number of hydrogen-bond donors (Lipinski definition) is 1. The highest BCUT2D eigenvalue weighted by Gasteiger charge is 2.32. The summed E-state index contributed by atoms with van der Waals surface area (Å²) in [6, 6.07) is 7.22. The molecule has 2 aromatic carbocycles. The number of aryl methyl sites for hydroxylation is 1. The number of halogens is 3. The van der Waals surface area contributed by atoms with Gasteiger partial charge in [0, 0.05) is 30.4 Å². The predicted molar refractivity (Wildman–Crippen MR) is 98.9 cm³/mol. The van der Waals surface area contributed by atoms with E-state index in [0.717, 1.165) is 24.8 Å². The van der Waals surface area contributed by atoms with E-state index in [1.807, 2.05) is 0 Å². The molecule has 1 N–H and O–H groups in total. The van der Waals surface area contributed by atoms with Gasteiger partial charge in [-0.15, -0.1) is 0 Å². The van der Waals surface area contributed by atoms with Crippen LogP contribution in [0.2, 0.25) is 0 Å². The maximum absolute atomic E-state index is 13.1. The number of hydrogen-bond acceptors (Lipinski definition) is 4. The molecule has 29 heavy (non-hydrogen) atoms. The van der Waals surface area contributed by atoms with Gasteiger partial charge < -0.3 is 15.0 Å². The van der Waals surface area contributed by atoms with Gasteiger partial charge >= 0.3 is 12.1 Å². The minimum Gasteiger partial charge on any atom is -0.465 e. The van der Waals surface area contributed by atoms with E-state index in [4.69, 9.17) is 0 Å². The van der Waals surface area contributed by atoms with Gasteiger partial charge in [-0.3, -0.25) is 9.59 Å². The van der Waals surface area contributed by atoms with Crippen LogP contribution in [0.4, 0.5) is 24.5 Å². The van der Waals surface area contributed by atoms with E-state index in [1.54, 1.807) is 19.2 Å². The van der Waals surface area contributed by atoms with Crippen LogP contribution in [-0.2, 0) is 22.1 Å². The minimum atomic E-state index is -4.70. The van der Waals surface area contributed by atoms with Gasteiger partial charge in [0.2, 0.25) is 5.91 Å². The Hall–Kier alpha value is -3.36. The van der Waals surface area contributed by atoms with Crippen molar-refractivity contribution in [2.45, 2.75) is 19.0 Å². The number of carbonyl (C=O) groups is 3. The molecule has 152 valence electrons. The van der Waals surface area contributed by atoms with Gasteiger partial charge in [-0.05, 0) is 48.4 Å². The molecular formula is C20H17F3N2O4. The first kappa shape index (κ1) is 20.4. The number of benzene rings is 2. The second kappa shape index (κ2) is 7.57. The van der Waals surface area contributed by atoms with Crippen molar-refractivity contribution in [3.05, 3.63) is 58.7 Å². The SMILES string of the molecule is COC(=O)c1cc(NC(=O)c2ccc3c(c2)CCC(=O)N3C)cc(C(F)(F)F)c1. The van der Waals surface area contributed by atoms with Crippen molar-refractivity contribution in [1.29, 1.82) is 0 Å². The molecule has 0 unspecified atom stereocenters. The molecule has 0 bridgehead atoms. The number of nitrogens with zero attached hydrogens (tertiary/aromatic N) is 1. The molecule has 0 saturated carbocycles. The Morgan fingerprint density at radius 1 is 1.07 bits per heavy atom. The Morgan fingerprint density at radius 2 is 1.79 bits per heavy atom. The van der Waals surface area contributed by atoms with E-state index < -0.39 is 23.6 Å². The molecule has 2 aromatic rings. The van der Waals surface area contributed by atoms with Gasteiger partial charge in [0.15, 0.2) is 0 Å². The summed E-state index contributed by atoms with van der Waals surface area (Å²) in [7, 11) is 2.69. The van der Waals surface area contributed by atoms with Crippen LogP contribution in [0.15, 0.2) is 36.4 Å². The zero-order valence-electron chi connectivity index (χ0n) is 15.6. The van der Waals surface area contributed by atoms with E-state index in [-0.39, 0.29) is 22.7 Å². The largest absolute Gasteiger partial charge is 0.465 e. The fraction of sp³-hybridized carbons (Fsp3) is 0.250. The van der Waals surface area contributed by atoms with Gasteiger partial charge in [-0.1, -0.05) is 0 Å². The third kappa shape index (κ3) is 4.23. The molecule has 2 amide bonds. The van der Waals surface area contributed by atoms with E-state index in [2.05, 4.69) is 10.1 Å². The monoisotopic (exact) mass is 406 g/mol. The average Bonchev–Trinajstić information content (AvgIpc) is 2.69. The Kier molecular flexibility index (Phi) is 5.32. The summed E-state index contributed by atoms with van der Waals surface area (Å²) in [5.74, 6) is -1.62. The number of amides is 2. The Bertz CT molecular complexity index is 1000. The Labute approximate surface area is 164 Å². The van der Waals surface area contributed by atoms with E-state index in [0.29, 0.717) is 24.6 Å². The van der Waals surface area contributed by atoms with Crippen LogP contribution in [0.5, 0.6) is 0 Å². The van der Waals surface area contributed by atoms with Crippen molar-refractivity contribution in [2.24, 2.45) is 0 Å². The standard InChI is InChI=1S/C20H17F3N2O4/c1-25-16-5-3-12(7-11(16)4-6-17(25)26)18(27)24-15-9-13(19(28)29-2)8-14(10-15)20(21,22)23/h3,5,7-10H,4,6H2,1-2H3,(H,24,27). The lowest BCUT2D eigenvalue weighted by Gasteiger charge is -2.26. The lowest BCUT2D eigenvalue weighted by Crippen LogP contribution is -2.31. The van der Waals surface area contributed by atoms with Crippen molar-refractivity contribution in [2.75, 3.05) is 24.4 Å². The first-order chi connectivity index (χ1) is 13.6. The number of anilines is 2. The van der Waals surface area contributed by atoms with Crippen molar-refractivity contribution in [3.8, 4) is 0 Å². The van der Waals surface area contributed by atoms with Crippen LogP contribution >= 0.6 is 0 Å². The molecule has 9 heteroatoms. The highest BCUT2D eigenvalue weighted by atomic mass is 19.4. The maximum atomic E-state index is 13.1. The van der Waals surface area contributed by atoms with Crippen LogP contribution in [0.1, 0.15) is 38.3 Å². The summed E-state index contributed by atoms with van der Waals surface area (Å²) < 4.78 is 43.9. The van der Waals surface area contributed by atoms with Gasteiger partial charge in [-0.2, -0.15) is 13.2 Å². The highest BCUT2D eigenvalue weighted by Crippen LogP contribution is 2.33. The minimum absolute atomic E-state index is 0.0333. The quantitative estimate of drug-likeness (QED) is 0.790. The second-order valence-corrected chi connectivity index (χ2v) is 6.54. The molecule has 1 aliphatic heterocycles. The van der Waals surface area contributed by atoms with Crippen molar-refractivity contribution < 1.29 is 32.3 Å². The second-order valence-electron chi connectivity index (χ2n) is 6.54. The first-order valence-corrected chi connectivity index (χ1v) is 8.61. The molecule has 1 heterocycles.